The van der Waals surface area contributed by atoms with Gasteiger partial charge in [-0.2, -0.15) is 0 Å². The minimum atomic E-state index is -0.141. The van der Waals surface area contributed by atoms with Gasteiger partial charge < -0.3 is 19.8 Å². The third-order valence-corrected chi connectivity index (χ3v) is 4.19. The Kier molecular flexibility index (Phi) is 4.34. The standard InChI is InChI=1S/C17H22N2O3/c1-3-18-10-11-7-8-14(21-2)16-13(11)9-15(22-16)17(20)19-12-5-4-6-12/h7-9,12,18H,3-6,10H2,1-2H3,(H,19,20). The van der Waals surface area contributed by atoms with Crippen LogP contribution < -0.4 is 15.4 Å². The lowest BCUT2D eigenvalue weighted by molar-refractivity contribution is 0.0890. The number of carbonyl (C=O) groups excluding carboxylic acids is 1. The van der Waals surface area contributed by atoms with E-state index in [2.05, 4.69) is 17.6 Å². The highest BCUT2D eigenvalue weighted by Crippen LogP contribution is 2.32. The van der Waals surface area contributed by atoms with Crippen LogP contribution in [0.5, 0.6) is 5.75 Å². The van der Waals surface area contributed by atoms with Crippen molar-refractivity contribution in [1.82, 2.24) is 10.6 Å². The number of nitrogens with one attached hydrogen (secondary N) is 2. The van der Waals surface area contributed by atoms with Gasteiger partial charge in [-0.1, -0.05) is 13.0 Å². The van der Waals surface area contributed by atoms with E-state index in [4.69, 9.17) is 9.15 Å². The molecule has 0 bridgehead atoms. The Bertz CT molecular complexity index is 674. The molecule has 0 spiro atoms. The van der Waals surface area contributed by atoms with Crippen LogP contribution in [0.4, 0.5) is 0 Å². The lowest BCUT2D eigenvalue weighted by atomic mass is 9.93. The van der Waals surface area contributed by atoms with Crippen LogP contribution in [0.3, 0.4) is 0 Å². The summed E-state index contributed by atoms with van der Waals surface area (Å²) in [4.78, 5) is 12.3. The zero-order chi connectivity index (χ0) is 15.5. The van der Waals surface area contributed by atoms with Crippen molar-refractivity contribution in [2.75, 3.05) is 13.7 Å². The van der Waals surface area contributed by atoms with E-state index in [1.165, 1.54) is 6.42 Å². The van der Waals surface area contributed by atoms with Gasteiger partial charge in [0.2, 0.25) is 0 Å². The Morgan fingerprint density at radius 2 is 2.23 bits per heavy atom. The van der Waals surface area contributed by atoms with E-state index in [1.807, 2.05) is 18.2 Å². The average Bonchev–Trinajstić information content (AvgIpc) is 2.93. The Morgan fingerprint density at radius 3 is 2.86 bits per heavy atom. The maximum Gasteiger partial charge on any atom is 0.287 e. The normalized spacial score (nSPS) is 14.8. The Hall–Kier alpha value is -2.01. The van der Waals surface area contributed by atoms with Crippen molar-refractivity contribution in [3.8, 4) is 5.75 Å². The third-order valence-electron chi connectivity index (χ3n) is 4.19. The fourth-order valence-corrected chi connectivity index (χ4v) is 2.65. The van der Waals surface area contributed by atoms with Gasteiger partial charge in [-0.05, 0) is 43.5 Å². The number of furan rings is 1. The monoisotopic (exact) mass is 302 g/mol. The van der Waals surface area contributed by atoms with E-state index < -0.39 is 0 Å². The molecule has 5 nitrogen and oxygen atoms in total. The molecule has 0 radical (unpaired) electrons. The first-order valence-corrected chi connectivity index (χ1v) is 7.84. The van der Waals surface area contributed by atoms with Crippen molar-refractivity contribution in [1.29, 1.82) is 0 Å². The van der Waals surface area contributed by atoms with Crippen molar-refractivity contribution in [3.63, 3.8) is 0 Å². The molecule has 1 heterocycles. The van der Waals surface area contributed by atoms with Crippen molar-refractivity contribution < 1.29 is 13.9 Å². The van der Waals surface area contributed by atoms with Crippen LogP contribution in [0.25, 0.3) is 11.0 Å². The highest BCUT2D eigenvalue weighted by molar-refractivity contribution is 5.98. The summed E-state index contributed by atoms with van der Waals surface area (Å²) in [5.41, 5.74) is 1.74. The summed E-state index contributed by atoms with van der Waals surface area (Å²) < 4.78 is 11.1. The second-order valence-corrected chi connectivity index (χ2v) is 5.66. The summed E-state index contributed by atoms with van der Waals surface area (Å²) in [6.45, 7) is 3.69. The van der Waals surface area contributed by atoms with Gasteiger partial charge in [0, 0.05) is 18.0 Å². The molecular formula is C17H22N2O3. The van der Waals surface area contributed by atoms with E-state index >= 15 is 0 Å². The number of ether oxygens (including phenoxy) is 1. The lowest BCUT2D eigenvalue weighted by Gasteiger charge is -2.25. The molecule has 0 saturated heterocycles. The molecule has 1 aliphatic rings. The highest BCUT2D eigenvalue weighted by Gasteiger charge is 2.23. The van der Waals surface area contributed by atoms with Crippen LogP contribution in [0.1, 0.15) is 42.3 Å². The molecule has 0 aliphatic heterocycles. The highest BCUT2D eigenvalue weighted by atomic mass is 16.5. The minimum Gasteiger partial charge on any atom is -0.493 e. The number of hydrogen-bond acceptors (Lipinski definition) is 4. The average molecular weight is 302 g/mol. The minimum absolute atomic E-state index is 0.141. The first-order chi connectivity index (χ1) is 10.7. The van der Waals surface area contributed by atoms with E-state index in [1.54, 1.807) is 7.11 Å². The fraction of sp³-hybridized carbons (Fsp3) is 0.471. The first kappa shape index (κ1) is 14.9. The van der Waals surface area contributed by atoms with E-state index in [0.29, 0.717) is 23.1 Å². The summed E-state index contributed by atoms with van der Waals surface area (Å²) in [7, 11) is 1.61. The lowest BCUT2D eigenvalue weighted by Crippen LogP contribution is -2.39. The van der Waals surface area contributed by atoms with Gasteiger partial charge in [-0.25, -0.2) is 0 Å². The van der Waals surface area contributed by atoms with Crippen molar-refractivity contribution in [2.45, 2.75) is 38.8 Å². The molecule has 2 N–H and O–H groups in total. The Morgan fingerprint density at radius 1 is 1.41 bits per heavy atom. The molecule has 1 aromatic heterocycles. The smallest absolute Gasteiger partial charge is 0.287 e. The largest absolute Gasteiger partial charge is 0.493 e. The summed E-state index contributed by atoms with van der Waals surface area (Å²) in [6.07, 6.45) is 3.30. The molecule has 2 aromatic rings. The molecule has 0 atom stereocenters. The molecule has 1 aromatic carbocycles. The van der Waals surface area contributed by atoms with Crippen molar-refractivity contribution in [3.05, 3.63) is 29.5 Å². The van der Waals surface area contributed by atoms with Gasteiger partial charge in [-0.3, -0.25) is 4.79 Å². The number of fused-ring (bicyclic) bond motifs is 1. The first-order valence-electron chi connectivity index (χ1n) is 7.84. The summed E-state index contributed by atoms with van der Waals surface area (Å²) in [5, 5.41) is 7.23. The van der Waals surface area contributed by atoms with Gasteiger partial charge in [0.1, 0.15) is 0 Å². The zero-order valence-corrected chi connectivity index (χ0v) is 13.1. The Balaban J connectivity index is 1.92. The Labute approximate surface area is 130 Å². The molecule has 1 aliphatic carbocycles. The fourth-order valence-electron chi connectivity index (χ4n) is 2.65. The van der Waals surface area contributed by atoms with Crippen LogP contribution in [-0.2, 0) is 6.54 Å². The van der Waals surface area contributed by atoms with Crippen molar-refractivity contribution in [2.24, 2.45) is 0 Å². The molecule has 118 valence electrons. The quantitative estimate of drug-likeness (QED) is 0.861. The van der Waals surface area contributed by atoms with Gasteiger partial charge in [0.25, 0.3) is 5.91 Å². The van der Waals surface area contributed by atoms with Gasteiger partial charge in [0.05, 0.1) is 7.11 Å². The number of carbonyl (C=O) groups is 1. The van der Waals surface area contributed by atoms with Gasteiger partial charge >= 0.3 is 0 Å². The molecular weight excluding hydrogens is 280 g/mol. The molecule has 1 amide bonds. The SMILES string of the molecule is CCNCc1ccc(OC)c2oc(C(=O)NC3CCC3)cc12. The van der Waals surface area contributed by atoms with Gasteiger partial charge in [0.15, 0.2) is 17.1 Å². The topological polar surface area (TPSA) is 63.5 Å². The molecule has 3 rings (SSSR count). The molecule has 22 heavy (non-hydrogen) atoms. The van der Waals surface area contributed by atoms with Gasteiger partial charge in [-0.15, -0.1) is 0 Å². The van der Waals surface area contributed by atoms with Crippen LogP contribution in [0.2, 0.25) is 0 Å². The number of methoxy groups -OCH3 is 1. The van der Waals surface area contributed by atoms with E-state index in [0.717, 1.165) is 36.9 Å². The second kappa shape index (κ2) is 6.40. The molecule has 0 unspecified atom stereocenters. The summed E-state index contributed by atoms with van der Waals surface area (Å²) >= 11 is 0. The van der Waals surface area contributed by atoms with Crippen LogP contribution in [0, 0.1) is 0 Å². The summed E-state index contributed by atoms with van der Waals surface area (Å²) in [6, 6.07) is 6.00. The molecule has 5 heteroatoms. The molecule has 1 fully saturated rings. The molecule has 1 saturated carbocycles. The predicted octanol–water partition coefficient (Wildman–Crippen LogP) is 2.83. The van der Waals surface area contributed by atoms with Crippen LogP contribution in [-0.4, -0.2) is 25.6 Å². The number of rotatable bonds is 6. The van der Waals surface area contributed by atoms with Crippen LogP contribution in [0.15, 0.2) is 22.6 Å². The number of amides is 1. The second-order valence-electron chi connectivity index (χ2n) is 5.66. The van der Waals surface area contributed by atoms with E-state index in [-0.39, 0.29) is 5.91 Å². The van der Waals surface area contributed by atoms with Crippen molar-refractivity contribution >= 4 is 16.9 Å². The van der Waals surface area contributed by atoms with Crippen LogP contribution >= 0.6 is 0 Å². The zero-order valence-electron chi connectivity index (χ0n) is 13.1. The maximum atomic E-state index is 12.3. The third kappa shape index (κ3) is 2.81. The summed E-state index contributed by atoms with van der Waals surface area (Å²) in [5.74, 6) is 0.861. The number of hydrogen-bond donors (Lipinski definition) is 2. The number of benzene rings is 1. The predicted molar refractivity (Wildman–Crippen MR) is 85.3 cm³/mol. The van der Waals surface area contributed by atoms with E-state index in [9.17, 15) is 4.79 Å². The maximum absolute atomic E-state index is 12.3.